The van der Waals surface area contributed by atoms with Gasteiger partial charge in [-0.05, 0) is 6.28 Å². The van der Waals surface area contributed by atoms with E-state index in [1.165, 1.54) is 45.3 Å². The van der Waals surface area contributed by atoms with Gasteiger partial charge in [-0.2, -0.15) is 0 Å². The molecule has 1 radical (unpaired) electrons. The normalized spacial score (nSPS) is 8.94. The molecule has 0 bridgehead atoms. The van der Waals surface area contributed by atoms with E-state index in [4.69, 9.17) is 75.0 Å². The molecule has 0 aliphatic heterocycles. The van der Waals surface area contributed by atoms with Crippen LogP contribution in [0.5, 0.6) is 0 Å². The van der Waals surface area contributed by atoms with Crippen molar-refractivity contribution in [1.29, 1.82) is 0 Å². The molecule has 2 aromatic heterocycles. The molecule has 0 saturated carbocycles. The molecule has 0 nitrogen and oxygen atoms in total. The summed E-state index contributed by atoms with van der Waals surface area (Å²) in [6, 6.07) is 0. The molecule has 17 heavy (non-hydrogen) atoms. The second-order valence-electron chi connectivity index (χ2n) is 2.06. The van der Waals surface area contributed by atoms with Crippen molar-refractivity contribution in [3.05, 3.63) is 6.28 Å². The van der Waals surface area contributed by atoms with Crippen LogP contribution in [-0.2, 0) is 67.3 Å². The molecular formula is C6CoS10-4. The van der Waals surface area contributed by atoms with Gasteiger partial charge in [-0.25, -0.2) is 0 Å². The Balaban J connectivity index is 0.000000284. The van der Waals surface area contributed by atoms with Gasteiger partial charge in [0.25, 0.3) is 0 Å². The molecule has 0 fully saturated rings. The third-order valence-corrected chi connectivity index (χ3v) is 8.11. The van der Waals surface area contributed by atoms with Crippen molar-refractivity contribution in [1.82, 2.24) is 0 Å². The van der Waals surface area contributed by atoms with Crippen LogP contribution < -0.4 is 0 Å². The first-order valence-electron chi connectivity index (χ1n) is 3.36. The van der Waals surface area contributed by atoms with Crippen molar-refractivity contribution in [2.75, 3.05) is 0 Å². The third-order valence-electron chi connectivity index (χ3n) is 1.04. The molecule has 0 aromatic carbocycles. The van der Waals surface area contributed by atoms with Gasteiger partial charge in [0.15, 0.2) is 0 Å². The van der Waals surface area contributed by atoms with Crippen LogP contribution >= 0.6 is 69.8 Å². The number of hydrogen-bond acceptors (Lipinski definition) is 10. The minimum absolute atomic E-state index is 0. The summed E-state index contributed by atoms with van der Waals surface area (Å²) in [5.74, 6) is 0. The average molecular weight is 452 g/mol. The summed E-state index contributed by atoms with van der Waals surface area (Å²) in [7, 11) is 0. The van der Waals surface area contributed by atoms with Gasteiger partial charge in [-0.3, -0.25) is 0 Å². The van der Waals surface area contributed by atoms with Crippen LogP contribution in [-0.4, -0.2) is 0 Å². The van der Waals surface area contributed by atoms with E-state index >= 15 is 0 Å². The van der Waals surface area contributed by atoms with Crippen LogP contribution in [0.4, 0.5) is 0 Å². The molecule has 0 unspecified atom stereocenters. The van der Waals surface area contributed by atoms with Gasteiger partial charge in [0.2, 0.25) is 0 Å². The van der Waals surface area contributed by atoms with Gasteiger partial charge in [0.1, 0.15) is 0 Å². The molecule has 0 N–H and O–H groups in total. The zero-order chi connectivity index (χ0) is 12.3. The summed E-state index contributed by atoms with van der Waals surface area (Å²) >= 11 is 34.6. The average Bonchev–Trinajstić information content (AvgIpc) is 2.58. The van der Waals surface area contributed by atoms with Gasteiger partial charge >= 0.3 is 0 Å². The van der Waals surface area contributed by atoms with Gasteiger partial charge in [-0.1, -0.05) is 0 Å². The first-order valence-corrected chi connectivity index (χ1v) is 9.07. The van der Waals surface area contributed by atoms with E-state index in [9.17, 15) is 0 Å². The van der Waals surface area contributed by atoms with E-state index in [0.717, 1.165) is 23.1 Å². The minimum atomic E-state index is 0. The molecule has 0 aliphatic rings. The first-order chi connectivity index (χ1) is 7.40. The predicted octanol–water partition coefficient (Wildman–Crippen LogP) is 4.70. The zero-order valence-electron chi connectivity index (χ0n) is 7.42. The Labute approximate surface area is 158 Å². The maximum Gasteiger partial charge on any atom is 0 e. The smallest absolute Gasteiger partial charge is 0 e. The van der Waals surface area contributed by atoms with Crippen LogP contribution in [0.2, 0.25) is 0 Å². The van der Waals surface area contributed by atoms with Gasteiger partial charge in [0, 0.05) is 16.8 Å². The van der Waals surface area contributed by atoms with Crippen LogP contribution in [0.25, 0.3) is 0 Å². The summed E-state index contributed by atoms with van der Waals surface area (Å²) in [6.45, 7) is 0. The maximum absolute atomic E-state index is 4.83. The monoisotopic (exact) mass is 451 g/mol. The maximum atomic E-state index is 4.83. The molecule has 0 saturated heterocycles. The summed E-state index contributed by atoms with van der Waals surface area (Å²) in [5, 5.41) is 0. The van der Waals surface area contributed by atoms with E-state index in [1.54, 1.807) is 0 Å². The Hall–Kier alpha value is 1.93. The summed E-state index contributed by atoms with van der Waals surface area (Å²) in [5.41, 5.74) is 0. The molecule has 97 valence electrons. The predicted molar refractivity (Wildman–Crippen MR) is 88.6 cm³/mol. The van der Waals surface area contributed by atoms with Crippen molar-refractivity contribution in [2.45, 2.75) is 16.8 Å². The Morgan fingerprint density at radius 2 is 0.765 bits per heavy atom. The van der Waals surface area contributed by atoms with Crippen LogP contribution in [0, 0.1) is 6.28 Å². The van der Waals surface area contributed by atoms with Crippen molar-refractivity contribution in [3.8, 4) is 0 Å². The molecule has 11 heteroatoms. The van der Waals surface area contributed by atoms with Crippen LogP contribution in [0.15, 0.2) is 16.8 Å². The summed E-state index contributed by atoms with van der Waals surface area (Å²) in [6.07, 6.45) is 0. The first kappa shape index (κ1) is 18.9. The van der Waals surface area contributed by atoms with Gasteiger partial charge < -0.3 is 95.9 Å². The fourth-order valence-corrected chi connectivity index (χ4v) is 7.05. The van der Waals surface area contributed by atoms with E-state index in [1.807, 2.05) is 0 Å². The van der Waals surface area contributed by atoms with E-state index in [2.05, 4.69) is 0 Å². The molecule has 0 atom stereocenters. The van der Waals surface area contributed by atoms with Gasteiger partial charge in [0.05, 0.1) is 0 Å². The molecule has 0 spiro atoms. The Kier molecular flexibility index (Phi) is 9.99. The summed E-state index contributed by atoms with van der Waals surface area (Å²) in [4.78, 5) is 0. The fraction of sp³-hybridized carbons (Fsp3) is 0. The quantitative estimate of drug-likeness (QED) is 0.418. The summed E-state index contributed by atoms with van der Waals surface area (Å²) < 4.78 is 4.70. The second kappa shape index (κ2) is 8.97. The van der Waals surface area contributed by atoms with E-state index in [0.29, 0.717) is 0 Å². The standard InChI is InChI=1S/2C3H2S5.Co/c2*4-1-2(5)8-3(6)7-1;/h2*4-5H;/p-4. The van der Waals surface area contributed by atoms with E-state index < -0.39 is 0 Å². The Morgan fingerprint density at radius 3 is 0.824 bits per heavy atom. The van der Waals surface area contributed by atoms with Crippen molar-refractivity contribution < 1.29 is 16.8 Å². The molecular weight excluding hydrogens is 452 g/mol. The fourth-order valence-electron chi connectivity index (χ4n) is 0.511. The van der Waals surface area contributed by atoms with Crippen LogP contribution in [0.3, 0.4) is 0 Å². The topological polar surface area (TPSA) is 0 Å². The molecule has 0 amide bonds. The zero-order valence-corrected chi connectivity index (χ0v) is 16.6. The van der Waals surface area contributed by atoms with Crippen molar-refractivity contribution in [2.24, 2.45) is 0 Å². The van der Waals surface area contributed by atoms with Crippen molar-refractivity contribution >= 4 is 120 Å². The number of rotatable bonds is 0. The molecule has 2 aromatic rings. The van der Waals surface area contributed by atoms with E-state index in [-0.39, 0.29) is 16.8 Å². The Bertz CT molecular complexity index is 473. The SMILES string of the molecule is S=c1sc([S-])c([S-])s1.S=c1sc([S-])c([S-])s1.[Co]. The third kappa shape index (κ3) is 6.76. The minimum Gasteiger partial charge on any atom is -0.429 e. The van der Waals surface area contributed by atoms with Crippen LogP contribution in [0.1, 0.15) is 0 Å². The largest absolute Gasteiger partial charge is 0.429 e. The van der Waals surface area contributed by atoms with Crippen molar-refractivity contribution in [3.63, 3.8) is 0 Å². The number of hydrogen-bond donors (Lipinski definition) is 0. The molecule has 0 aliphatic carbocycles. The Morgan fingerprint density at radius 1 is 0.588 bits per heavy atom. The molecule has 2 rings (SSSR count). The van der Waals surface area contributed by atoms with Gasteiger partial charge in [-0.15, -0.1) is 41.3 Å². The molecule has 2 heterocycles. The second-order valence-corrected chi connectivity index (χ2v) is 11.2.